The van der Waals surface area contributed by atoms with Gasteiger partial charge in [-0.05, 0) is 133 Å². The maximum Gasteiger partial charge on any atom is 0.231 e. The van der Waals surface area contributed by atoms with E-state index in [-0.39, 0.29) is 23.4 Å². The van der Waals surface area contributed by atoms with Crippen LogP contribution in [0.5, 0.6) is 0 Å². The largest absolute Gasteiger partial charge is 0.351 e. The van der Waals surface area contributed by atoms with Crippen LogP contribution in [0.25, 0.3) is 0 Å². The van der Waals surface area contributed by atoms with E-state index in [1.165, 1.54) is 15.2 Å². The Balaban J connectivity index is 1.76. The molecule has 3 aliphatic heterocycles. The number of nitrogens with zero attached hydrogens (tertiary/aromatic N) is 7. The summed E-state index contributed by atoms with van der Waals surface area (Å²) in [6.45, 7) is 23.7. The predicted molar refractivity (Wildman–Crippen MR) is 162 cm³/mol. The Bertz CT molecular complexity index is 1060. The molecule has 3 aliphatic rings. The van der Waals surface area contributed by atoms with Gasteiger partial charge in [0.2, 0.25) is 17.2 Å². The second kappa shape index (κ2) is 10.6. The third kappa shape index (κ3) is 6.39. The van der Waals surface area contributed by atoms with Gasteiger partial charge in [-0.25, -0.2) is 0 Å². The van der Waals surface area contributed by atoms with E-state index in [2.05, 4.69) is 20.2 Å². The van der Waals surface area contributed by atoms with Gasteiger partial charge < -0.3 is 10.2 Å². The molecule has 12 heteroatoms. The molecule has 3 fully saturated rings. The minimum absolute atomic E-state index is 0.0388. The summed E-state index contributed by atoms with van der Waals surface area (Å²) in [7, 11) is 0. The van der Waals surface area contributed by atoms with Gasteiger partial charge in [-0.2, -0.15) is 15.0 Å². The molecule has 3 radical (unpaired) electrons. The predicted octanol–water partition coefficient (Wildman–Crippen LogP) is 5.84. The van der Waals surface area contributed by atoms with Crippen LogP contribution in [-0.4, -0.2) is 81.5 Å². The monoisotopic (exact) mass is 607 g/mol. The van der Waals surface area contributed by atoms with Crippen molar-refractivity contribution < 1.29 is 15.6 Å². The SMILES string of the molecule is CC1(C)CC(Nc2nc(Cl)nc(N(C3CC(C)(C)N([O])C(C)(C)C3)C3CC(C)(C)N([O])C(C)(C)C3)n2)CC(C)(C)N1[O]. The van der Waals surface area contributed by atoms with Crippen LogP contribution in [0.3, 0.4) is 0 Å². The lowest BCUT2D eigenvalue weighted by Crippen LogP contribution is -2.67. The van der Waals surface area contributed by atoms with Crippen molar-refractivity contribution in [3.8, 4) is 0 Å². The Labute approximate surface area is 257 Å². The van der Waals surface area contributed by atoms with Crippen LogP contribution in [0, 0.1) is 0 Å². The lowest BCUT2D eigenvalue weighted by atomic mass is 9.75. The molecule has 1 aromatic rings. The number of nitrogens with one attached hydrogen (secondary N) is 1. The van der Waals surface area contributed by atoms with E-state index < -0.39 is 33.2 Å². The smallest absolute Gasteiger partial charge is 0.231 e. The molecule has 11 nitrogen and oxygen atoms in total. The number of rotatable bonds is 5. The second-order valence-corrected chi connectivity index (χ2v) is 17.1. The van der Waals surface area contributed by atoms with Gasteiger partial charge in [-0.15, -0.1) is 30.8 Å². The number of hydrogen-bond donors (Lipinski definition) is 1. The van der Waals surface area contributed by atoms with E-state index in [1.54, 1.807) is 0 Å². The first kappa shape index (κ1) is 33.6. The van der Waals surface area contributed by atoms with Crippen LogP contribution in [0.1, 0.15) is 122 Å². The highest BCUT2D eigenvalue weighted by Gasteiger charge is 2.53. The molecule has 0 saturated carbocycles. The Hall–Kier alpha value is -1.34. The van der Waals surface area contributed by atoms with Crippen LogP contribution in [-0.2, 0) is 15.6 Å². The van der Waals surface area contributed by atoms with Gasteiger partial charge in [0.15, 0.2) is 0 Å². The zero-order valence-electron chi connectivity index (χ0n) is 27.7. The van der Waals surface area contributed by atoms with Gasteiger partial charge in [0.05, 0.1) is 0 Å². The third-order valence-corrected chi connectivity index (χ3v) is 9.85. The molecule has 4 rings (SSSR count). The normalized spacial score (nSPS) is 28.5. The van der Waals surface area contributed by atoms with Gasteiger partial charge in [-0.1, -0.05) is 0 Å². The summed E-state index contributed by atoms with van der Waals surface area (Å²) >= 11 is 6.59. The zero-order valence-corrected chi connectivity index (χ0v) is 28.5. The lowest BCUT2D eigenvalue weighted by molar-refractivity contribution is -0.294. The standard InChI is InChI=1S/C30H52ClN8O3/c1-25(2)13-19(14-26(3,4)37(25)40)32-23-33-22(31)34-24(35-23)36(20-15-27(5,6)38(41)28(7,8)16-20)21-17-29(9,10)39(42)30(11,12)18-21/h19-21H,13-18H2,1-12H3,(H,32,33,34,35). The Kier molecular flexibility index (Phi) is 8.49. The average molecular weight is 608 g/mol. The Morgan fingerprint density at radius 3 is 1.29 bits per heavy atom. The van der Waals surface area contributed by atoms with Crippen LogP contribution in [0.15, 0.2) is 0 Å². The lowest BCUT2D eigenvalue weighted by Gasteiger charge is -2.57. The van der Waals surface area contributed by atoms with E-state index in [0.29, 0.717) is 50.4 Å². The molecular weight excluding hydrogens is 556 g/mol. The van der Waals surface area contributed by atoms with Crippen molar-refractivity contribution in [3.63, 3.8) is 0 Å². The molecule has 0 amide bonds. The molecule has 0 aliphatic carbocycles. The van der Waals surface area contributed by atoms with E-state index >= 15 is 0 Å². The van der Waals surface area contributed by atoms with Crippen LogP contribution < -0.4 is 10.2 Å². The maximum atomic E-state index is 13.3. The summed E-state index contributed by atoms with van der Waals surface area (Å²) in [5.74, 6) is 0.815. The fraction of sp³-hybridized carbons (Fsp3) is 0.900. The van der Waals surface area contributed by atoms with Crippen molar-refractivity contribution in [2.45, 2.75) is 173 Å². The van der Waals surface area contributed by atoms with Crippen LogP contribution >= 0.6 is 11.6 Å². The molecule has 0 spiro atoms. The molecule has 0 aromatic carbocycles. The quantitative estimate of drug-likeness (QED) is 0.442. The van der Waals surface area contributed by atoms with Crippen molar-refractivity contribution in [1.82, 2.24) is 30.1 Å². The van der Waals surface area contributed by atoms with Crippen LogP contribution in [0.2, 0.25) is 5.28 Å². The molecule has 3 saturated heterocycles. The molecule has 4 heterocycles. The first-order valence-electron chi connectivity index (χ1n) is 15.3. The van der Waals surface area contributed by atoms with E-state index in [1.807, 2.05) is 83.1 Å². The topological polar surface area (TPSA) is 123 Å². The molecule has 1 aromatic heterocycles. The number of halogens is 1. The highest BCUT2D eigenvalue weighted by Crippen LogP contribution is 2.45. The molecule has 1 N–H and O–H groups in total. The summed E-state index contributed by atoms with van der Waals surface area (Å²) in [6, 6.07) is -0.172. The minimum atomic E-state index is -0.615. The molecular formula is C30H52ClN8O3. The average Bonchev–Trinajstić information content (AvgIpc) is 2.78. The molecule has 237 valence electrons. The number of aromatic nitrogens is 3. The second-order valence-electron chi connectivity index (χ2n) is 16.8. The van der Waals surface area contributed by atoms with Gasteiger partial charge in [0, 0.05) is 51.4 Å². The molecule has 42 heavy (non-hydrogen) atoms. The summed E-state index contributed by atoms with van der Waals surface area (Å²) < 4.78 is 0. The first-order valence-corrected chi connectivity index (χ1v) is 15.6. The van der Waals surface area contributed by atoms with Crippen molar-refractivity contribution in [2.24, 2.45) is 0 Å². The number of hydrogen-bond acceptors (Lipinski definition) is 8. The summed E-state index contributed by atoms with van der Waals surface area (Å²) in [5, 5.41) is 46.8. The van der Waals surface area contributed by atoms with Crippen molar-refractivity contribution in [3.05, 3.63) is 5.28 Å². The summed E-state index contributed by atoms with van der Waals surface area (Å²) in [5.41, 5.74) is -3.57. The van der Waals surface area contributed by atoms with Crippen LogP contribution in [0.4, 0.5) is 11.9 Å². The van der Waals surface area contributed by atoms with E-state index in [4.69, 9.17) is 16.6 Å². The Morgan fingerprint density at radius 2 is 0.929 bits per heavy atom. The third-order valence-electron chi connectivity index (χ3n) is 9.68. The number of piperidine rings is 3. The zero-order chi connectivity index (χ0) is 31.8. The van der Waals surface area contributed by atoms with Gasteiger partial charge in [0.1, 0.15) is 0 Å². The fourth-order valence-electron chi connectivity index (χ4n) is 8.51. The van der Waals surface area contributed by atoms with E-state index in [9.17, 15) is 15.6 Å². The minimum Gasteiger partial charge on any atom is -0.351 e. The summed E-state index contributed by atoms with van der Waals surface area (Å²) in [6.07, 6.45) is 3.67. The van der Waals surface area contributed by atoms with Crippen molar-refractivity contribution >= 4 is 23.5 Å². The first-order chi connectivity index (χ1) is 18.9. The molecule has 0 atom stereocenters. The van der Waals surface area contributed by atoms with E-state index in [0.717, 1.165) is 0 Å². The maximum absolute atomic E-state index is 13.3. The van der Waals surface area contributed by atoms with Crippen molar-refractivity contribution in [2.75, 3.05) is 10.2 Å². The number of hydroxylamine groups is 6. The molecule has 0 bridgehead atoms. The molecule has 0 unspecified atom stereocenters. The Morgan fingerprint density at radius 1 is 0.595 bits per heavy atom. The van der Waals surface area contributed by atoms with Crippen molar-refractivity contribution in [1.29, 1.82) is 0 Å². The van der Waals surface area contributed by atoms with Gasteiger partial charge in [-0.3, -0.25) is 0 Å². The highest BCUT2D eigenvalue weighted by molar-refractivity contribution is 6.28. The number of anilines is 2. The van der Waals surface area contributed by atoms with Gasteiger partial charge >= 0.3 is 0 Å². The fourth-order valence-corrected chi connectivity index (χ4v) is 8.66. The van der Waals surface area contributed by atoms with Gasteiger partial charge in [0.25, 0.3) is 0 Å². The summed E-state index contributed by atoms with van der Waals surface area (Å²) in [4.78, 5) is 16.3. The highest BCUT2D eigenvalue weighted by atomic mass is 35.5.